The monoisotopic (exact) mass is 431 g/mol. The lowest BCUT2D eigenvalue weighted by atomic mass is 10.1. The van der Waals surface area contributed by atoms with Gasteiger partial charge in [0.15, 0.2) is 0 Å². The molecule has 3 heterocycles. The Morgan fingerprint density at radius 1 is 1.06 bits per heavy atom. The van der Waals surface area contributed by atoms with Crippen LogP contribution in [0.1, 0.15) is 22.3 Å². The van der Waals surface area contributed by atoms with Gasteiger partial charge in [-0.2, -0.15) is 0 Å². The van der Waals surface area contributed by atoms with E-state index >= 15 is 0 Å². The molecular formula is C23H21N5O4. The molecule has 9 nitrogen and oxygen atoms in total. The van der Waals surface area contributed by atoms with Crippen LogP contribution in [0.25, 0.3) is 11.0 Å². The van der Waals surface area contributed by atoms with Crippen molar-refractivity contribution in [2.24, 2.45) is 0 Å². The quantitative estimate of drug-likeness (QED) is 0.441. The highest BCUT2D eigenvalue weighted by molar-refractivity contribution is 6.04. The number of fused-ring (bicyclic) bond motifs is 7. The lowest BCUT2D eigenvalue weighted by Gasteiger charge is -2.16. The van der Waals surface area contributed by atoms with E-state index in [4.69, 9.17) is 4.74 Å². The first-order valence-corrected chi connectivity index (χ1v) is 10.3. The van der Waals surface area contributed by atoms with Gasteiger partial charge in [-0.25, -0.2) is 9.67 Å². The molecule has 1 amide bonds. The molecule has 2 aromatic carbocycles. The summed E-state index contributed by atoms with van der Waals surface area (Å²) < 4.78 is 8.76. The van der Waals surface area contributed by atoms with Crippen molar-refractivity contribution in [2.75, 3.05) is 11.9 Å². The Morgan fingerprint density at radius 2 is 1.94 bits per heavy atom. The number of rotatable bonds is 0. The molecule has 9 heteroatoms. The third kappa shape index (κ3) is 3.97. The van der Waals surface area contributed by atoms with Gasteiger partial charge in [0.1, 0.15) is 0 Å². The molecule has 4 bridgehead atoms. The molecule has 0 aliphatic carbocycles. The number of carbonyl (C=O) groups is 1. The van der Waals surface area contributed by atoms with Crippen LogP contribution in [0.5, 0.6) is 5.88 Å². The first kappa shape index (κ1) is 20.0. The number of benzene rings is 2. The minimum Gasteiger partial charge on any atom is -0.477 e. The zero-order valence-electron chi connectivity index (χ0n) is 17.1. The minimum atomic E-state index is -0.745. The standard InChI is InChI=1S/C23H21N5O4/c29-17-10-11-32-20-8-9-21(30)28(26-20)13-15-4-3-5-16(12-15)22(31)25-23-24-18-6-1-2-7-19(18)27(23)14-17/h1-9,12,17,29H,10-11,13-14H2,(H,24,25,31). The number of para-hydroxylation sites is 2. The molecule has 32 heavy (non-hydrogen) atoms. The summed E-state index contributed by atoms with van der Waals surface area (Å²) in [7, 11) is 0. The van der Waals surface area contributed by atoms with Crippen LogP contribution in [-0.4, -0.2) is 43.1 Å². The van der Waals surface area contributed by atoms with Crippen LogP contribution in [-0.2, 0) is 13.1 Å². The molecule has 1 aliphatic heterocycles. The summed E-state index contributed by atoms with van der Waals surface area (Å²) in [5, 5.41) is 17.7. The maximum atomic E-state index is 13.0. The maximum absolute atomic E-state index is 13.0. The van der Waals surface area contributed by atoms with Gasteiger partial charge in [0.25, 0.3) is 11.5 Å². The van der Waals surface area contributed by atoms with Crippen molar-refractivity contribution < 1.29 is 14.6 Å². The molecule has 0 radical (unpaired) electrons. The van der Waals surface area contributed by atoms with Gasteiger partial charge < -0.3 is 14.4 Å². The molecule has 0 saturated heterocycles. The number of imidazole rings is 1. The van der Waals surface area contributed by atoms with E-state index in [0.717, 1.165) is 16.6 Å². The van der Waals surface area contributed by atoms with Crippen LogP contribution in [0.4, 0.5) is 5.95 Å². The van der Waals surface area contributed by atoms with Gasteiger partial charge in [0.2, 0.25) is 11.8 Å². The van der Waals surface area contributed by atoms with E-state index in [9.17, 15) is 14.7 Å². The number of amides is 1. The van der Waals surface area contributed by atoms with Crippen molar-refractivity contribution in [1.82, 2.24) is 19.3 Å². The lowest BCUT2D eigenvalue weighted by Crippen LogP contribution is -2.25. The number of ether oxygens (including phenoxy) is 1. The first-order chi connectivity index (χ1) is 15.6. The number of aromatic nitrogens is 4. The largest absolute Gasteiger partial charge is 0.477 e. The second kappa shape index (κ2) is 8.27. The van der Waals surface area contributed by atoms with Gasteiger partial charge in [0, 0.05) is 24.1 Å². The second-order valence-corrected chi connectivity index (χ2v) is 7.65. The van der Waals surface area contributed by atoms with Crippen LogP contribution in [0, 0.1) is 0 Å². The fourth-order valence-corrected chi connectivity index (χ4v) is 3.74. The Hall–Kier alpha value is -3.98. The summed E-state index contributed by atoms with van der Waals surface area (Å²) in [6, 6.07) is 17.4. The van der Waals surface area contributed by atoms with Crippen LogP contribution >= 0.6 is 0 Å². The van der Waals surface area contributed by atoms with E-state index in [-0.39, 0.29) is 31.2 Å². The summed E-state index contributed by atoms with van der Waals surface area (Å²) in [6.45, 7) is 0.640. The number of hydrogen-bond acceptors (Lipinski definition) is 6. The molecule has 0 spiro atoms. The van der Waals surface area contributed by atoms with Gasteiger partial charge in [-0.05, 0) is 29.8 Å². The molecule has 0 saturated carbocycles. The zero-order valence-corrected chi connectivity index (χ0v) is 17.1. The number of nitrogens with one attached hydrogen (secondary N) is 1. The van der Waals surface area contributed by atoms with Gasteiger partial charge in [-0.3, -0.25) is 14.9 Å². The van der Waals surface area contributed by atoms with E-state index in [1.807, 2.05) is 30.3 Å². The van der Waals surface area contributed by atoms with Crippen molar-refractivity contribution in [1.29, 1.82) is 0 Å². The molecule has 1 aliphatic rings. The highest BCUT2D eigenvalue weighted by Crippen LogP contribution is 2.22. The van der Waals surface area contributed by atoms with Crippen molar-refractivity contribution in [2.45, 2.75) is 25.6 Å². The Bertz CT molecular complexity index is 1360. The van der Waals surface area contributed by atoms with Gasteiger partial charge >= 0.3 is 0 Å². The topological polar surface area (TPSA) is 111 Å². The molecule has 0 fully saturated rings. The normalized spacial score (nSPS) is 16.8. The fourth-order valence-electron chi connectivity index (χ4n) is 3.74. The Kier molecular flexibility index (Phi) is 5.16. The molecular weight excluding hydrogens is 410 g/mol. The Labute approximate surface area is 182 Å². The maximum Gasteiger partial charge on any atom is 0.267 e. The lowest BCUT2D eigenvalue weighted by molar-refractivity contribution is 0.102. The SMILES string of the molecule is O=C1Nc2nc3ccccc3n2CC(O)CCOc2ccc(=O)n(n2)Cc2cccc1c2. The van der Waals surface area contributed by atoms with E-state index in [2.05, 4.69) is 15.4 Å². The van der Waals surface area contributed by atoms with E-state index < -0.39 is 6.10 Å². The summed E-state index contributed by atoms with van der Waals surface area (Å²) in [6.07, 6.45) is -0.412. The van der Waals surface area contributed by atoms with Crippen LogP contribution in [0.15, 0.2) is 65.5 Å². The van der Waals surface area contributed by atoms with Crippen molar-refractivity contribution in [3.63, 3.8) is 0 Å². The highest BCUT2D eigenvalue weighted by Gasteiger charge is 2.18. The van der Waals surface area contributed by atoms with E-state index in [1.165, 1.54) is 16.8 Å². The van der Waals surface area contributed by atoms with Crippen molar-refractivity contribution in [3.05, 3.63) is 82.1 Å². The van der Waals surface area contributed by atoms with E-state index in [1.54, 1.807) is 22.8 Å². The summed E-state index contributed by atoms with van der Waals surface area (Å²) in [5.41, 5.74) is 2.43. The van der Waals surface area contributed by atoms with Gasteiger partial charge in [0.05, 0.1) is 36.8 Å². The summed E-state index contributed by atoms with van der Waals surface area (Å²) >= 11 is 0. The smallest absolute Gasteiger partial charge is 0.267 e. The molecule has 2 aromatic heterocycles. The Balaban J connectivity index is 1.57. The number of aliphatic hydroxyl groups is 1. The molecule has 5 rings (SSSR count). The summed E-state index contributed by atoms with van der Waals surface area (Å²) in [5.74, 6) is 0.325. The highest BCUT2D eigenvalue weighted by atomic mass is 16.5. The average Bonchev–Trinajstić information content (AvgIpc) is 3.12. The van der Waals surface area contributed by atoms with Crippen molar-refractivity contribution >= 4 is 22.9 Å². The Morgan fingerprint density at radius 3 is 2.84 bits per heavy atom. The fraction of sp³-hybridized carbons (Fsp3) is 0.217. The molecule has 1 unspecified atom stereocenters. The minimum absolute atomic E-state index is 0.193. The zero-order chi connectivity index (χ0) is 22.1. The number of carbonyl (C=O) groups excluding carboxylic acids is 1. The third-order valence-corrected chi connectivity index (χ3v) is 5.34. The average molecular weight is 431 g/mol. The predicted octanol–water partition coefficient (Wildman–Crippen LogP) is 2.04. The second-order valence-electron chi connectivity index (χ2n) is 7.65. The van der Waals surface area contributed by atoms with Crippen LogP contribution in [0.3, 0.4) is 0 Å². The summed E-state index contributed by atoms with van der Waals surface area (Å²) in [4.78, 5) is 29.8. The van der Waals surface area contributed by atoms with Gasteiger partial charge in [-0.1, -0.05) is 24.3 Å². The molecule has 2 N–H and O–H groups in total. The van der Waals surface area contributed by atoms with Gasteiger partial charge in [-0.15, -0.1) is 5.10 Å². The molecule has 4 aromatic rings. The number of aliphatic hydroxyl groups excluding tert-OH is 1. The van der Waals surface area contributed by atoms with Crippen LogP contribution in [0.2, 0.25) is 0 Å². The van der Waals surface area contributed by atoms with E-state index in [0.29, 0.717) is 23.8 Å². The third-order valence-electron chi connectivity index (χ3n) is 5.34. The van der Waals surface area contributed by atoms with Crippen LogP contribution < -0.4 is 15.6 Å². The number of nitrogens with zero attached hydrogens (tertiary/aromatic N) is 4. The number of anilines is 1. The number of hydrogen-bond donors (Lipinski definition) is 2. The molecule has 162 valence electrons. The van der Waals surface area contributed by atoms with Crippen molar-refractivity contribution in [3.8, 4) is 5.88 Å². The molecule has 1 atom stereocenters. The predicted molar refractivity (Wildman–Crippen MR) is 118 cm³/mol. The first-order valence-electron chi connectivity index (χ1n) is 10.3.